The van der Waals surface area contributed by atoms with Gasteiger partial charge in [0.2, 0.25) is 0 Å². The van der Waals surface area contributed by atoms with Gasteiger partial charge in [-0.25, -0.2) is 0 Å². The van der Waals surface area contributed by atoms with E-state index < -0.39 is 0 Å². The van der Waals surface area contributed by atoms with Gasteiger partial charge in [-0.2, -0.15) is 5.26 Å². The van der Waals surface area contributed by atoms with Crippen LogP contribution in [0.3, 0.4) is 0 Å². The summed E-state index contributed by atoms with van der Waals surface area (Å²) in [6.45, 7) is 3.89. The largest absolute Gasteiger partial charge is 0.391 e. The molecule has 0 aliphatic carbocycles. The Morgan fingerprint density at radius 1 is 1.27 bits per heavy atom. The van der Waals surface area contributed by atoms with Crippen LogP contribution < -0.4 is 0 Å². The van der Waals surface area contributed by atoms with Crippen LogP contribution in [0.15, 0.2) is 30.3 Å². The lowest BCUT2D eigenvalue weighted by Gasteiger charge is -2.26. The molecule has 1 aromatic heterocycles. The lowest BCUT2D eigenvalue weighted by molar-refractivity contribution is -0.0318. The van der Waals surface area contributed by atoms with Gasteiger partial charge in [0.15, 0.2) is 5.78 Å². The Morgan fingerprint density at radius 2 is 2.03 bits per heavy atom. The summed E-state index contributed by atoms with van der Waals surface area (Å²) in [6, 6.07) is 12.2. The molecule has 3 aliphatic rings. The first-order chi connectivity index (χ1) is 14.5. The molecule has 6 heteroatoms. The van der Waals surface area contributed by atoms with Gasteiger partial charge in [0.1, 0.15) is 0 Å². The Kier molecular flexibility index (Phi) is 4.98. The molecular formula is C24H27N3O3. The van der Waals surface area contributed by atoms with Crippen molar-refractivity contribution < 1.29 is 14.6 Å². The zero-order valence-corrected chi connectivity index (χ0v) is 17.3. The molecule has 1 N–H and O–H groups in total. The molecule has 1 aromatic carbocycles. The second-order valence-electron chi connectivity index (χ2n) is 8.93. The van der Waals surface area contributed by atoms with Crippen LogP contribution in [-0.2, 0) is 11.2 Å². The third-order valence-electron chi connectivity index (χ3n) is 7.06. The molecule has 3 saturated heterocycles. The SMILES string of the molecule is Cc1c(C(=O)CN2C3CCC2[C@@H](O)C3)cc(CC2COC2)n1-c1ccc(C#N)cc1. The Bertz CT molecular complexity index is 1000. The summed E-state index contributed by atoms with van der Waals surface area (Å²) in [5.41, 5.74) is 4.40. The number of carbonyl (C=O) groups is 1. The van der Waals surface area contributed by atoms with Crippen molar-refractivity contribution in [2.24, 2.45) is 5.92 Å². The molecule has 3 aliphatic heterocycles. The van der Waals surface area contributed by atoms with Gasteiger partial charge < -0.3 is 14.4 Å². The van der Waals surface area contributed by atoms with E-state index >= 15 is 0 Å². The molecule has 2 bridgehead atoms. The van der Waals surface area contributed by atoms with Crippen LogP contribution in [0.5, 0.6) is 0 Å². The minimum absolute atomic E-state index is 0.122. The zero-order chi connectivity index (χ0) is 20.8. The summed E-state index contributed by atoms with van der Waals surface area (Å²) in [7, 11) is 0. The summed E-state index contributed by atoms with van der Waals surface area (Å²) >= 11 is 0. The molecule has 30 heavy (non-hydrogen) atoms. The molecule has 2 unspecified atom stereocenters. The van der Waals surface area contributed by atoms with Crippen molar-refractivity contribution in [3.8, 4) is 11.8 Å². The van der Waals surface area contributed by atoms with E-state index in [4.69, 9.17) is 10.00 Å². The number of ether oxygens (including phenoxy) is 1. The van der Waals surface area contributed by atoms with Crippen molar-refractivity contribution >= 4 is 5.78 Å². The smallest absolute Gasteiger partial charge is 0.178 e. The van der Waals surface area contributed by atoms with Crippen molar-refractivity contribution in [3.05, 3.63) is 52.8 Å². The molecule has 3 fully saturated rings. The van der Waals surface area contributed by atoms with Gasteiger partial charge in [-0.15, -0.1) is 0 Å². The monoisotopic (exact) mass is 405 g/mol. The van der Waals surface area contributed by atoms with Gasteiger partial charge in [-0.3, -0.25) is 9.69 Å². The molecule has 4 heterocycles. The first-order valence-corrected chi connectivity index (χ1v) is 10.8. The third kappa shape index (κ3) is 3.27. The molecule has 156 valence electrons. The van der Waals surface area contributed by atoms with Crippen LogP contribution in [0, 0.1) is 24.2 Å². The molecule has 0 amide bonds. The van der Waals surface area contributed by atoms with Gasteiger partial charge in [-0.05, 0) is 62.9 Å². The molecule has 3 atom stereocenters. The highest BCUT2D eigenvalue weighted by atomic mass is 16.5. The molecule has 6 nitrogen and oxygen atoms in total. The van der Waals surface area contributed by atoms with Crippen LogP contribution >= 0.6 is 0 Å². The van der Waals surface area contributed by atoms with Crippen molar-refractivity contribution in [1.29, 1.82) is 5.26 Å². The number of nitrogens with zero attached hydrogens (tertiary/aromatic N) is 3. The average molecular weight is 405 g/mol. The second kappa shape index (κ2) is 7.66. The van der Waals surface area contributed by atoms with Gasteiger partial charge in [0.05, 0.1) is 37.5 Å². The molecule has 0 spiro atoms. The number of aliphatic hydroxyl groups excluding tert-OH is 1. The van der Waals surface area contributed by atoms with Crippen LogP contribution in [-0.4, -0.2) is 58.3 Å². The third-order valence-corrected chi connectivity index (χ3v) is 7.06. The number of ketones is 1. The van der Waals surface area contributed by atoms with Crippen LogP contribution in [0.2, 0.25) is 0 Å². The van der Waals surface area contributed by atoms with E-state index in [0.29, 0.717) is 24.1 Å². The van der Waals surface area contributed by atoms with E-state index in [-0.39, 0.29) is 17.9 Å². The van der Waals surface area contributed by atoms with Crippen molar-refractivity contribution in [3.63, 3.8) is 0 Å². The standard InChI is InChI=1S/C24H27N3O3/c1-15-21(24(29)12-26-19-6-7-22(26)23(28)10-19)9-20(8-17-13-30-14-17)27(15)18-4-2-16(11-25)3-5-18/h2-5,9,17,19,22-23,28H,6-8,10,12-14H2,1H3/t19?,22?,23-/m0/s1. The predicted octanol–water partition coefficient (Wildman–Crippen LogP) is 2.63. The van der Waals surface area contributed by atoms with E-state index in [2.05, 4.69) is 15.5 Å². The number of hydrogen-bond acceptors (Lipinski definition) is 5. The molecule has 0 saturated carbocycles. The van der Waals surface area contributed by atoms with Gasteiger partial charge in [0.25, 0.3) is 0 Å². The van der Waals surface area contributed by atoms with Gasteiger partial charge in [0, 0.05) is 40.6 Å². The van der Waals surface area contributed by atoms with Gasteiger partial charge >= 0.3 is 0 Å². The van der Waals surface area contributed by atoms with Crippen molar-refractivity contribution in [2.75, 3.05) is 19.8 Å². The van der Waals surface area contributed by atoms with Crippen LogP contribution in [0.1, 0.15) is 46.6 Å². The fourth-order valence-corrected chi connectivity index (χ4v) is 5.41. The molecule has 5 rings (SSSR count). The van der Waals surface area contributed by atoms with Gasteiger partial charge in [-0.1, -0.05) is 0 Å². The number of carbonyl (C=O) groups excluding carboxylic acids is 1. The summed E-state index contributed by atoms with van der Waals surface area (Å²) < 4.78 is 7.51. The fraction of sp³-hybridized carbons (Fsp3) is 0.500. The topological polar surface area (TPSA) is 78.5 Å². The first kappa shape index (κ1) is 19.5. The highest BCUT2D eigenvalue weighted by Crippen LogP contribution is 2.38. The quantitative estimate of drug-likeness (QED) is 0.748. The van der Waals surface area contributed by atoms with E-state index in [1.54, 1.807) is 0 Å². The number of aliphatic hydroxyl groups is 1. The Balaban J connectivity index is 1.46. The second-order valence-corrected chi connectivity index (χ2v) is 8.93. The maximum Gasteiger partial charge on any atom is 0.178 e. The summed E-state index contributed by atoms with van der Waals surface area (Å²) in [4.78, 5) is 15.5. The number of benzene rings is 1. The van der Waals surface area contributed by atoms with Crippen LogP contribution in [0.4, 0.5) is 0 Å². The van der Waals surface area contributed by atoms with E-state index in [1.807, 2.05) is 37.3 Å². The maximum atomic E-state index is 13.3. The first-order valence-electron chi connectivity index (χ1n) is 10.8. The summed E-state index contributed by atoms with van der Waals surface area (Å²) in [5, 5.41) is 19.3. The normalized spacial score (nSPS) is 26.0. The highest BCUT2D eigenvalue weighted by molar-refractivity contribution is 5.99. The zero-order valence-electron chi connectivity index (χ0n) is 17.3. The number of Topliss-reactive ketones (excluding diaryl/α,β-unsaturated/α-hetero) is 1. The number of aromatic nitrogens is 1. The Hall–Kier alpha value is -2.46. The number of hydrogen-bond donors (Lipinski definition) is 1. The number of fused-ring (bicyclic) bond motifs is 2. The lowest BCUT2D eigenvalue weighted by atomic mass is 9.98. The van der Waals surface area contributed by atoms with E-state index in [1.165, 1.54) is 0 Å². The molecule has 0 radical (unpaired) electrons. The lowest BCUT2D eigenvalue weighted by Crippen LogP contribution is -2.36. The number of rotatable bonds is 6. The number of nitriles is 1. The Morgan fingerprint density at radius 3 is 2.60 bits per heavy atom. The Labute approximate surface area is 176 Å². The van der Waals surface area contributed by atoms with E-state index in [0.717, 1.165) is 61.5 Å². The summed E-state index contributed by atoms with van der Waals surface area (Å²) in [6.07, 6.45) is 3.41. The van der Waals surface area contributed by atoms with Crippen LogP contribution in [0.25, 0.3) is 5.69 Å². The van der Waals surface area contributed by atoms with Crippen molar-refractivity contribution in [1.82, 2.24) is 9.47 Å². The fourth-order valence-electron chi connectivity index (χ4n) is 5.41. The average Bonchev–Trinajstić information content (AvgIpc) is 3.34. The highest BCUT2D eigenvalue weighted by Gasteiger charge is 2.46. The minimum Gasteiger partial charge on any atom is -0.391 e. The maximum absolute atomic E-state index is 13.3. The minimum atomic E-state index is -0.296. The molecule has 2 aromatic rings. The van der Waals surface area contributed by atoms with Crippen molar-refractivity contribution in [2.45, 2.75) is 50.8 Å². The summed E-state index contributed by atoms with van der Waals surface area (Å²) in [5.74, 6) is 0.598. The van der Waals surface area contributed by atoms with E-state index in [9.17, 15) is 9.90 Å². The molecular weight excluding hydrogens is 378 g/mol. The predicted molar refractivity (Wildman–Crippen MR) is 112 cm³/mol.